The quantitative estimate of drug-likeness (QED) is 0.827. The number of hydrogen-bond acceptors (Lipinski definition) is 3. The minimum Gasteiger partial charge on any atom is -0.480 e. The molecule has 1 heterocycles. The van der Waals surface area contributed by atoms with Gasteiger partial charge in [0.25, 0.3) is 0 Å². The monoisotopic (exact) mass is 284 g/mol. The average Bonchev–Trinajstić information content (AvgIpc) is 2.35. The number of carboxylic acids is 1. The van der Waals surface area contributed by atoms with Crippen molar-refractivity contribution in [3.8, 4) is 0 Å². The van der Waals surface area contributed by atoms with E-state index in [2.05, 4.69) is 12.2 Å². The Bertz CT molecular complexity index is 363. The summed E-state index contributed by atoms with van der Waals surface area (Å²) in [5, 5.41) is 12.3. The summed E-state index contributed by atoms with van der Waals surface area (Å²) in [5.74, 6) is -0.470. The van der Waals surface area contributed by atoms with Crippen molar-refractivity contribution in [1.82, 2.24) is 10.2 Å². The Labute approximate surface area is 121 Å². The first kappa shape index (κ1) is 17.0. The van der Waals surface area contributed by atoms with Crippen LogP contribution < -0.4 is 5.32 Å². The Kier molecular flexibility index (Phi) is 5.57. The molecule has 0 aromatic rings. The van der Waals surface area contributed by atoms with E-state index in [1.165, 1.54) is 0 Å². The first-order chi connectivity index (χ1) is 9.15. The third-order valence-corrected chi connectivity index (χ3v) is 3.99. The van der Waals surface area contributed by atoms with Crippen molar-refractivity contribution in [3.05, 3.63) is 0 Å². The van der Waals surface area contributed by atoms with Gasteiger partial charge in [-0.25, -0.2) is 0 Å². The molecule has 0 radical (unpaired) electrons. The van der Waals surface area contributed by atoms with E-state index < -0.39 is 18.1 Å². The second kappa shape index (κ2) is 6.57. The Morgan fingerprint density at radius 3 is 2.45 bits per heavy atom. The highest BCUT2D eigenvalue weighted by Crippen LogP contribution is 2.27. The molecule has 0 saturated carbocycles. The lowest BCUT2D eigenvalue weighted by Crippen LogP contribution is -2.57. The number of hydrogen-bond donors (Lipinski definition) is 2. The van der Waals surface area contributed by atoms with Crippen molar-refractivity contribution in [1.29, 1.82) is 0 Å². The summed E-state index contributed by atoms with van der Waals surface area (Å²) < 4.78 is 0. The molecule has 3 atom stereocenters. The molecule has 1 aliphatic heterocycles. The zero-order valence-electron chi connectivity index (χ0n) is 13.3. The molecular weight excluding hydrogens is 256 g/mol. The van der Waals surface area contributed by atoms with Crippen LogP contribution in [-0.2, 0) is 9.59 Å². The molecule has 0 aliphatic carbocycles. The highest BCUT2D eigenvalue weighted by molar-refractivity contribution is 5.83. The van der Waals surface area contributed by atoms with Crippen LogP contribution in [0.5, 0.6) is 0 Å². The molecule has 1 saturated heterocycles. The molecule has 1 amide bonds. The largest absolute Gasteiger partial charge is 0.480 e. The number of carbonyl (C=O) groups excluding carboxylic acids is 1. The fourth-order valence-corrected chi connectivity index (χ4v) is 2.76. The summed E-state index contributed by atoms with van der Waals surface area (Å²) in [5.41, 5.74) is -0.300. The van der Waals surface area contributed by atoms with Crippen LogP contribution in [-0.4, -0.2) is 46.1 Å². The maximum absolute atomic E-state index is 12.2. The SMILES string of the molecule is CCC1CCN(C(C)C(=O)NC(C)(C)C)C(C(=O)O)C1. The minimum absolute atomic E-state index is 0.0984. The number of carboxylic acid groups (broad SMARTS) is 1. The summed E-state index contributed by atoms with van der Waals surface area (Å²) >= 11 is 0. The number of nitrogens with zero attached hydrogens (tertiary/aromatic N) is 1. The van der Waals surface area contributed by atoms with Gasteiger partial charge in [0.05, 0.1) is 6.04 Å². The third kappa shape index (κ3) is 4.47. The van der Waals surface area contributed by atoms with Crippen molar-refractivity contribution >= 4 is 11.9 Å². The Morgan fingerprint density at radius 1 is 1.40 bits per heavy atom. The smallest absolute Gasteiger partial charge is 0.320 e. The van der Waals surface area contributed by atoms with Gasteiger partial charge in [0.2, 0.25) is 5.91 Å². The summed E-state index contributed by atoms with van der Waals surface area (Å²) in [6, 6.07) is -0.956. The molecule has 5 heteroatoms. The standard InChI is InChI=1S/C15H28N2O3/c1-6-11-7-8-17(12(9-11)14(19)20)10(2)13(18)16-15(3,4)5/h10-12H,6-9H2,1-5H3,(H,16,18)(H,19,20). The van der Waals surface area contributed by atoms with Crippen molar-refractivity contribution in [3.63, 3.8) is 0 Å². The van der Waals surface area contributed by atoms with Crippen LogP contribution in [0.4, 0.5) is 0 Å². The fraction of sp³-hybridized carbons (Fsp3) is 0.867. The van der Waals surface area contributed by atoms with E-state index in [9.17, 15) is 14.7 Å². The van der Waals surface area contributed by atoms with Gasteiger partial charge in [-0.05, 0) is 46.5 Å². The molecule has 1 fully saturated rings. The topological polar surface area (TPSA) is 69.6 Å². The van der Waals surface area contributed by atoms with E-state index in [0.29, 0.717) is 18.9 Å². The van der Waals surface area contributed by atoms with E-state index >= 15 is 0 Å². The van der Waals surface area contributed by atoms with Crippen molar-refractivity contribution in [2.75, 3.05) is 6.54 Å². The number of amides is 1. The predicted molar refractivity (Wildman–Crippen MR) is 78.5 cm³/mol. The van der Waals surface area contributed by atoms with E-state index in [0.717, 1.165) is 12.8 Å². The maximum Gasteiger partial charge on any atom is 0.320 e. The fourth-order valence-electron chi connectivity index (χ4n) is 2.76. The Hall–Kier alpha value is -1.10. The molecule has 20 heavy (non-hydrogen) atoms. The molecule has 0 bridgehead atoms. The molecule has 116 valence electrons. The van der Waals surface area contributed by atoms with Gasteiger partial charge in [-0.1, -0.05) is 13.3 Å². The summed E-state index contributed by atoms with van der Waals surface area (Å²) in [4.78, 5) is 25.5. The van der Waals surface area contributed by atoms with Gasteiger partial charge in [0.1, 0.15) is 6.04 Å². The van der Waals surface area contributed by atoms with Crippen LogP contribution in [0, 0.1) is 5.92 Å². The Balaban J connectivity index is 2.77. The van der Waals surface area contributed by atoms with Crippen molar-refractivity contribution in [2.24, 2.45) is 5.92 Å². The minimum atomic E-state index is -0.821. The van der Waals surface area contributed by atoms with Gasteiger partial charge >= 0.3 is 5.97 Å². The van der Waals surface area contributed by atoms with Crippen LogP contribution in [0.25, 0.3) is 0 Å². The summed E-state index contributed by atoms with van der Waals surface area (Å²) in [6.07, 6.45) is 2.60. The van der Waals surface area contributed by atoms with Gasteiger partial charge in [-0.2, -0.15) is 0 Å². The molecule has 2 N–H and O–H groups in total. The second-order valence-electron chi connectivity index (χ2n) is 6.81. The molecule has 0 aromatic carbocycles. The van der Waals surface area contributed by atoms with Crippen LogP contribution in [0.1, 0.15) is 53.9 Å². The van der Waals surface area contributed by atoms with E-state index in [-0.39, 0.29) is 11.4 Å². The van der Waals surface area contributed by atoms with Gasteiger partial charge in [0.15, 0.2) is 0 Å². The lowest BCUT2D eigenvalue weighted by Gasteiger charge is -2.40. The lowest BCUT2D eigenvalue weighted by molar-refractivity contribution is -0.148. The highest BCUT2D eigenvalue weighted by Gasteiger charge is 2.37. The number of rotatable bonds is 4. The second-order valence-corrected chi connectivity index (χ2v) is 6.81. The zero-order chi connectivity index (χ0) is 15.5. The normalized spacial score (nSPS) is 26.1. The number of likely N-dealkylation sites (tertiary alicyclic amines) is 1. The van der Waals surface area contributed by atoms with Gasteiger partial charge < -0.3 is 10.4 Å². The molecule has 3 unspecified atom stereocenters. The maximum atomic E-state index is 12.2. The van der Waals surface area contributed by atoms with E-state index in [4.69, 9.17) is 0 Å². The summed E-state index contributed by atoms with van der Waals surface area (Å²) in [6.45, 7) is 10.3. The van der Waals surface area contributed by atoms with Gasteiger partial charge in [-0.3, -0.25) is 14.5 Å². The molecule has 5 nitrogen and oxygen atoms in total. The van der Waals surface area contributed by atoms with E-state index in [1.54, 1.807) is 6.92 Å². The highest BCUT2D eigenvalue weighted by atomic mass is 16.4. The van der Waals surface area contributed by atoms with Gasteiger partial charge in [0, 0.05) is 12.1 Å². The van der Waals surface area contributed by atoms with Crippen LogP contribution in [0.15, 0.2) is 0 Å². The molecule has 1 rings (SSSR count). The first-order valence-corrected chi connectivity index (χ1v) is 7.46. The van der Waals surface area contributed by atoms with Crippen LogP contribution >= 0.6 is 0 Å². The van der Waals surface area contributed by atoms with Crippen LogP contribution in [0.3, 0.4) is 0 Å². The number of piperidine rings is 1. The summed E-state index contributed by atoms with van der Waals surface area (Å²) in [7, 11) is 0. The molecular formula is C15H28N2O3. The number of carbonyl (C=O) groups is 2. The number of nitrogens with one attached hydrogen (secondary N) is 1. The molecule has 0 aromatic heterocycles. The van der Waals surface area contributed by atoms with Gasteiger partial charge in [-0.15, -0.1) is 0 Å². The van der Waals surface area contributed by atoms with E-state index in [1.807, 2.05) is 25.7 Å². The van der Waals surface area contributed by atoms with Crippen LogP contribution in [0.2, 0.25) is 0 Å². The number of aliphatic carboxylic acids is 1. The third-order valence-electron chi connectivity index (χ3n) is 3.99. The first-order valence-electron chi connectivity index (χ1n) is 7.46. The predicted octanol–water partition coefficient (Wildman–Crippen LogP) is 1.86. The molecule has 0 spiro atoms. The van der Waals surface area contributed by atoms with Crippen molar-refractivity contribution in [2.45, 2.75) is 71.5 Å². The zero-order valence-corrected chi connectivity index (χ0v) is 13.3. The lowest BCUT2D eigenvalue weighted by atomic mass is 9.88. The molecule has 1 aliphatic rings. The van der Waals surface area contributed by atoms with Crippen molar-refractivity contribution < 1.29 is 14.7 Å². The average molecular weight is 284 g/mol. The Morgan fingerprint density at radius 2 is 2.00 bits per heavy atom.